The zero-order valence-corrected chi connectivity index (χ0v) is 8.31. The number of rotatable bonds is 1. The maximum absolute atomic E-state index is 8.14. The molecule has 0 radical (unpaired) electrons. The molecule has 1 saturated heterocycles. The van der Waals surface area contributed by atoms with Crippen LogP contribution in [0.25, 0.3) is 0 Å². The molecule has 3 nitrogen and oxygen atoms in total. The number of hydrogen-bond donors (Lipinski definition) is 0. The lowest BCUT2D eigenvalue weighted by atomic mass is 9.99. The number of hydrogen-bond acceptors (Lipinski definition) is 3. The second-order valence-electron chi connectivity index (χ2n) is 2.25. The van der Waals surface area contributed by atoms with E-state index in [9.17, 15) is 0 Å². The summed E-state index contributed by atoms with van der Waals surface area (Å²) in [6.07, 6.45) is -9.13. The van der Waals surface area contributed by atoms with Gasteiger partial charge in [0.25, 0.3) is 0 Å². The van der Waals surface area contributed by atoms with E-state index in [-0.39, 0.29) is 9.50 Å². The van der Waals surface area contributed by atoms with Crippen molar-refractivity contribution in [2.75, 3.05) is 17.9 Å². The van der Waals surface area contributed by atoms with Gasteiger partial charge in [-0.2, -0.15) is 0 Å². The van der Waals surface area contributed by atoms with Crippen LogP contribution < -0.4 is 4.90 Å². The van der Waals surface area contributed by atoms with Crippen LogP contribution in [-0.4, -0.2) is 23.0 Å². The molecule has 0 unspecified atom stereocenters. The molecule has 0 amide bonds. The molecule has 14 heavy (non-hydrogen) atoms. The molecule has 0 aliphatic carbocycles. The van der Waals surface area contributed by atoms with Crippen molar-refractivity contribution < 1.29 is 19.2 Å². The SMILES string of the molecule is [2H]c1nc([2H])c(N2C([2H])([2H])C([2H])([2H])C([2H])(C([2H])([2H])[2H])C([2H])([2H])C2([2H])[2H])nc1Br. The third-order valence-corrected chi connectivity index (χ3v) is 1.66. The highest BCUT2D eigenvalue weighted by atomic mass is 79.9. The maximum atomic E-state index is 8.14. The van der Waals surface area contributed by atoms with Gasteiger partial charge in [-0.25, -0.2) is 4.98 Å². The molecular weight excluding hydrogens is 242 g/mol. The smallest absolute Gasteiger partial charge is 0.148 e. The van der Waals surface area contributed by atoms with Gasteiger partial charge in [0.15, 0.2) is 0 Å². The predicted molar refractivity (Wildman–Crippen MR) is 60.3 cm³/mol. The highest BCUT2D eigenvalue weighted by Gasteiger charge is 2.16. The van der Waals surface area contributed by atoms with E-state index in [2.05, 4.69) is 25.9 Å². The standard InChI is InChI=1S/C10H14BrN3/c1-8-2-4-14(5-3-8)10-7-12-6-9(11)13-10/h6-8H,2-5H2,1H3/i1D3,2D2,3D2,4D2,5D2,6D,7D,8D. The summed E-state index contributed by atoms with van der Waals surface area (Å²) in [7, 11) is 0. The number of piperidine rings is 1. The van der Waals surface area contributed by atoms with Gasteiger partial charge in [-0.05, 0) is 34.6 Å². The Labute approximate surface area is 112 Å². The molecule has 0 N–H and O–H groups in total. The first-order chi connectivity index (χ1) is 12.2. The molecule has 0 saturated carbocycles. The van der Waals surface area contributed by atoms with Crippen molar-refractivity contribution in [2.24, 2.45) is 5.89 Å². The Balaban J connectivity index is 2.95. The summed E-state index contributed by atoms with van der Waals surface area (Å²) < 4.78 is 110. The summed E-state index contributed by atoms with van der Waals surface area (Å²) in [6, 6.07) is 0. The van der Waals surface area contributed by atoms with E-state index in [1.165, 1.54) is 0 Å². The lowest BCUT2D eigenvalue weighted by Crippen LogP contribution is -2.33. The van der Waals surface area contributed by atoms with Crippen LogP contribution in [0.1, 0.15) is 38.8 Å². The molecule has 1 aromatic rings. The number of halogens is 1. The van der Waals surface area contributed by atoms with Crippen LogP contribution >= 0.6 is 15.9 Å². The summed E-state index contributed by atoms with van der Waals surface area (Å²) >= 11 is 2.80. The summed E-state index contributed by atoms with van der Waals surface area (Å²) in [5, 5.41) is 0. The van der Waals surface area contributed by atoms with Crippen molar-refractivity contribution in [3.05, 3.63) is 16.9 Å². The third kappa shape index (κ3) is 2.23. The van der Waals surface area contributed by atoms with Gasteiger partial charge in [-0.15, -0.1) is 0 Å². The molecule has 0 atom stereocenters. The van der Waals surface area contributed by atoms with Crippen LogP contribution in [0.3, 0.4) is 0 Å². The lowest BCUT2D eigenvalue weighted by molar-refractivity contribution is 0.436. The minimum atomic E-state index is -3.86. The van der Waals surface area contributed by atoms with Gasteiger partial charge in [-0.3, -0.25) is 4.98 Å². The van der Waals surface area contributed by atoms with Crippen molar-refractivity contribution in [2.45, 2.75) is 19.6 Å². The highest BCUT2D eigenvalue weighted by Crippen LogP contribution is 2.21. The molecule has 0 aromatic carbocycles. The van der Waals surface area contributed by atoms with Crippen molar-refractivity contribution >= 4 is 21.7 Å². The van der Waals surface area contributed by atoms with Crippen LogP contribution in [-0.2, 0) is 0 Å². The number of nitrogens with zero attached hydrogens (tertiary/aromatic N) is 3. The molecule has 0 bridgehead atoms. The minimum Gasteiger partial charge on any atom is -0.355 e. The summed E-state index contributed by atoms with van der Waals surface area (Å²) in [6.45, 7) is -11.1. The summed E-state index contributed by atoms with van der Waals surface area (Å²) in [5.74, 6) is -4.82. The quantitative estimate of drug-likeness (QED) is 0.785. The Morgan fingerprint density at radius 2 is 2.50 bits per heavy atom. The molecule has 1 fully saturated rings. The van der Waals surface area contributed by atoms with E-state index in [1.807, 2.05) is 0 Å². The van der Waals surface area contributed by atoms with Gasteiger partial charge >= 0.3 is 0 Å². The number of anilines is 1. The van der Waals surface area contributed by atoms with E-state index in [0.29, 0.717) is 0 Å². The van der Waals surface area contributed by atoms with Gasteiger partial charge < -0.3 is 4.90 Å². The molecule has 2 rings (SSSR count). The molecular formula is C10H14BrN3. The predicted octanol–water partition coefficient (Wildman–Crippen LogP) is 2.48. The number of aromatic nitrogens is 2. The summed E-state index contributed by atoms with van der Waals surface area (Å²) in [5.41, 5.74) is 0. The van der Waals surface area contributed by atoms with E-state index in [4.69, 9.17) is 19.2 Å². The average Bonchev–Trinajstić information content (AvgIpc) is 2.48. The fourth-order valence-electron chi connectivity index (χ4n) is 0.756. The zero-order chi connectivity index (χ0) is 22.3. The molecule has 0 spiro atoms. The van der Waals surface area contributed by atoms with Crippen LogP contribution in [0, 0.1) is 5.89 Å². The molecule has 1 aliphatic heterocycles. The fourth-order valence-corrected chi connectivity index (χ4v) is 1.01. The Kier molecular flexibility index (Phi) is 0.771. The lowest BCUT2D eigenvalue weighted by Gasteiger charge is -2.30. The van der Waals surface area contributed by atoms with Gasteiger partial charge in [0.05, 0.1) is 15.1 Å². The molecule has 2 heterocycles. The monoisotopic (exact) mass is 269 g/mol. The van der Waals surface area contributed by atoms with Crippen LogP contribution in [0.2, 0.25) is 0 Å². The van der Waals surface area contributed by atoms with Crippen molar-refractivity contribution in [3.63, 3.8) is 0 Å². The maximum Gasteiger partial charge on any atom is 0.148 e. The molecule has 1 aliphatic rings. The van der Waals surface area contributed by atoms with Crippen molar-refractivity contribution in [1.82, 2.24) is 9.97 Å². The third-order valence-electron chi connectivity index (χ3n) is 1.31. The largest absolute Gasteiger partial charge is 0.355 e. The normalized spacial score (nSPS) is 50.8. The first-order valence-corrected chi connectivity index (χ1v) is 4.30. The van der Waals surface area contributed by atoms with Gasteiger partial charge in [0.1, 0.15) is 10.4 Å². The summed E-state index contributed by atoms with van der Waals surface area (Å²) in [4.78, 5) is 6.87. The highest BCUT2D eigenvalue weighted by molar-refractivity contribution is 9.10. The molecule has 1 aromatic heterocycles. The minimum absolute atomic E-state index is 0.155. The first-order valence-electron chi connectivity index (χ1n) is 10.5. The van der Waals surface area contributed by atoms with Crippen LogP contribution in [0.4, 0.5) is 5.82 Å². The Hall–Kier alpha value is -0.640. The van der Waals surface area contributed by atoms with E-state index in [1.54, 1.807) is 0 Å². The van der Waals surface area contributed by atoms with Crippen LogP contribution in [0.5, 0.6) is 0 Å². The Morgan fingerprint density at radius 3 is 3.21 bits per heavy atom. The Bertz CT molecular complexity index is 777. The molecule has 4 heteroatoms. The van der Waals surface area contributed by atoms with E-state index >= 15 is 0 Å². The topological polar surface area (TPSA) is 29.0 Å². The molecule has 76 valence electrons. The second-order valence-corrected chi connectivity index (χ2v) is 3.00. The fraction of sp³-hybridized carbons (Fsp3) is 0.600. The van der Waals surface area contributed by atoms with Crippen LogP contribution in [0.15, 0.2) is 16.9 Å². The zero-order valence-electron chi connectivity index (χ0n) is 20.7. The van der Waals surface area contributed by atoms with E-state index < -0.39 is 56.6 Å². The Morgan fingerprint density at radius 1 is 1.71 bits per heavy atom. The first kappa shape index (κ1) is 2.54. The second kappa shape index (κ2) is 4.26. The van der Waals surface area contributed by atoms with E-state index in [0.717, 1.165) is 0 Å². The van der Waals surface area contributed by atoms with Gasteiger partial charge in [0, 0.05) is 29.4 Å². The van der Waals surface area contributed by atoms with Crippen molar-refractivity contribution in [1.29, 1.82) is 0 Å². The average molecular weight is 270 g/mol. The van der Waals surface area contributed by atoms with Gasteiger partial charge in [-0.1, -0.05) is 6.85 Å². The van der Waals surface area contributed by atoms with Gasteiger partial charge in [0.2, 0.25) is 0 Å². The van der Waals surface area contributed by atoms with Crippen molar-refractivity contribution in [3.8, 4) is 0 Å².